The fourth-order valence-electron chi connectivity index (χ4n) is 1.98. The van der Waals surface area contributed by atoms with Crippen LogP contribution in [0.15, 0.2) is 23.1 Å². The van der Waals surface area contributed by atoms with E-state index in [4.69, 9.17) is 0 Å². The summed E-state index contributed by atoms with van der Waals surface area (Å²) in [7, 11) is -1.17. The van der Waals surface area contributed by atoms with E-state index in [1.54, 1.807) is 6.07 Å². The zero-order valence-corrected chi connectivity index (χ0v) is 9.44. The molecule has 1 N–H and O–H groups in total. The zero-order chi connectivity index (χ0) is 10.8. The van der Waals surface area contributed by atoms with Crippen LogP contribution in [0.1, 0.15) is 24.9 Å². The number of benzene rings is 1. The number of fused-ring (bicyclic) bond motifs is 1. The molecule has 0 radical (unpaired) electrons. The van der Waals surface area contributed by atoms with Gasteiger partial charge in [-0.2, -0.15) is 0 Å². The summed E-state index contributed by atoms with van der Waals surface area (Å²) < 4.78 is 25.2. The molecule has 2 nitrogen and oxygen atoms in total. The maximum atomic E-state index is 13.5. The SMILES string of the molecule is CCNC1CCS(=O)c2c(F)cccc21. The Balaban J connectivity index is 2.45. The first-order valence-electron chi connectivity index (χ1n) is 5.14. The van der Waals surface area contributed by atoms with Gasteiger partial charge in [0.1, 0.15) is 5.82 Å². The van der Waals surface area contributed by atoms with Crippen LogP contribution in [0.4, 0.5) is 4.39 Å². The standard InChI is InChI=1S/C11H14FNOS/c1-2-13-10-6-7-15(14)11-8(10)4-3-5-9(11)12/h3-5,10,13H,2,6-7H2,1H3. The number of hydrogen-bond donors (Lipinski definition) is 1. The topological polar surface area (TPSA) is 29.1 Å². The van der Waals surface area contributed by atoms with E-state index >= 15 is 0 Å². The fourth-order valence-corrected chi connectivity index (χ4v) is 3.39. The molecule has 0 amide bonds. The van der Waals surface area contributed by atoms with Gasteiger partial charge in [-0.1, -0.05) is 19.1 Å². The molecule has 2 rings (SSSR count). The number of hydrogen-bond acceptors (Lipinski definition) is 2. The third kappa shape index (κ3) is 1.96. The molecule has 2 atom stereocenters. The fraction of sp³-hybridized carbons (Fsp3) is 0.455. The monoisotopic (exact) mass is 227 g/mol. The van der Waals surface area contributed by atoms with E-state index in [1.165, 1.54) is 6.07 Å². The Bertz CT molecular complexity index is 394. The lowest BCUT2D eigenvalue weighted by molar-refractivity contribution is 0.502. The third-order valence-corrected chi connectivity index (χ3v) is 4.14. The Labute approximate surface area is 91.3 Å². The number of nitrogens with one attached hydrogen (secondary N) is 1. The average Bonchev–Trinajstić information content (AvgIpc) is 2.22. The summed E-state index contributed by atoms with van der Waals surface area (Å²) in [6, 6.07) is 5.08. The van der Waals surface area contributed by atoms with Crippen molar-refractivity contribution in [2.45, 2.75) is 24.3 Å². The summed E-state index contributed by atoms with van der Waals surface area (Å²) in [6.45, 7) is 2.86. The van der Waals surface area contributed by atoms with Crippen LogP contribution < -0.4 is 5.32 Å². The van der Waals surface area contributed by atoms with E-state index in [1.807, 2.05) is 13.0 Å². The minimum Gasteiger partial charge on any atom is -0.310 e. The zero-order valence-electron chi connectivity index (χ0n) is 8.63. The van der Waals surface area contributed by atoms with Crippen LogP contribution in [0.5, 0.6) is 0 Å². The summed E-state index contributed by atoms with van der Waals surface area (Å²) in [5, 5.41) is 3.29. The van der Waals surface area contributed by atoms with Crippen molar-refractivity contribution in [3.8, 4) is 0 Å². The highest BCUT2D eigenvalue weighted by Crippen LogP contribution is 2.31. The van der Waals surface area contributed by atoms with Crippen molar-refractivity contribution in [3.63, 3.8) is 0 Å². The molecule has 0 aliphatic carbocycles. The maximum Gasteiger partial charge on any atom is 0.139 e. The molecule has 0 fully saturated rings. The average molecular weight is 227 g/mol. The lowest BCUT2D eigenvalue weighted by Crippen LogP contribution is -2.28. The van der Waals surface area contributed by atoms with Crippen LogP contribution in [0.2, 0.25) is 0 Å². The molecule has 1 aromatic carbocycles. The van der Waals surface area contributed by atoms with Crippen LogP contribution in [0.25, 0.3) is 0 Å². The van der Waals surface area contributed by atoms with Crippen molar-refractivity contribution in [2.24, 2.45) is 0 Å². The van der Waals surface area contributed by atoms with E-state index in [0.717, 1.165) is 18.5 Å². The largest absolute Gasteiger partial charge is 0.310 e. The molecule has 0 saturated heterocycles. The highest BCUT2D eigenvalue weighted by Gasteiger charge is 2.26. The van der Waals surface area contributed by atoms with E-state index < -0.39 is 10.8 Å². The van der Waals surface area contributed by atoms with Crippen molar-refractivity contribution < 1.29 is 8.60 Å². The van der Waals surface area contributed by atoms with Crippen LogP contribution in [-0.4, -0.2) is 16.5 Å². The molecule has 15 heavy (non-hydrogen) atoms. The number of rotatable bonds is 2. The maximum absolute atomic E-state index is 13.5. The van der Waals surface area contributed by atoms with Gasteiger partial charge in [-0.15, -0.1) is 0 Å². The second-order valence-electron chi connectivity index (χ2n) is 3.61. The Hall–Kier alpha value is -0.740. The smallest absolute Gasteiger partial charge is 0.139 e. The summed E-state index contributed by atoms with van der Waals surface area (Å²) in [5.41, 5.74) is 0.862. The second-order valence-corrected chi connectivity index (χ2v) is 5.11. The van der Waals surface area contributed by atoms with Gasteiger partial charge in [-0.05, 0) is 24.6 Å². The predicted octanol–water partition coefficient (Wildman–Crippen LogP) is 1.99. The van der Waals surface area contributed by atoms with Crippen LogP contribution >= 0.6 is 0 Å². The van der Waals surface area contributed by atoms with Crippen LogP contribution in [-0.2, 0) is 10.8 Å². The van der Waals surface area contributed by atoms with E-state index in [9.17, 15) is 8.60 Å². The molecule has 0 bridgehead atoms. The van der Waals surface area contributed by atoms with Gasteiger partial charge >= 0.3 is 0 Å². The molecule has 1 aromatic rings. The molecule has 82 valence electrons. The van der Waals surface area contributed by atoms with Crippen LogP contribution in [0.3, 0.4) is 0 Å². The summed E-state index contributed by atoms with van der Waals surface area (Å²) in [5.74, 6) is 0.208. The van der Waals surface area contributed by atoms with Crippen molar-refractivity contribution in [1.29, 1.82) is 0 Å². The molecule has 0 saturated carbocycles. The lowest BCUT2D eigenvalue weighted by atomic mass is 10.0. The Morgan fingerprint density at radius 1 is 1.60 bits per heavy atom. The van der Waals surface area contributed by atoms with Gasteiger partial charge in [0.15, 0.2) is 0 Å². The second kappa shape index (κ2) is 4.41. The Morgan fingerprint density at radius 2 is 2.40 bits per heavy atom. The Morgan fingerprint density at radius 3 is 3.13 bits per heavy atom. The molecule has 0 spiro atoms. The van der Waals surface area contributed by atoms with Gasteiger partial charge in [0.05, 0.1) is 15.7 Å². The first-order chi connectivity index (χ1) is 7.24. The third-order valence-electron chi connectivity index (χ3n) is 2.64. The normalized spacial score (nSPS) is 24.9. The van der Waals surface area contributed by atoms with Crippen molar-refractivity contribution in [2.75, 3.05) is 12.3 Å². The summed E-state index contributed by atoms with van der Waals surface area (Å²) in [4.78, 5) is 0.398. The molecule has 1 aliphatic rings. The van der Waals surface area contributed by atoms with Gasteiger partial charge < -0.3 is 5.32 Å². The van der Waals surface area contributed by atoms with Gasteiger partial charge in [-0.25, -0.2) is 4.39 Å². The van der Waals surface area contributed by atoms with Gasteiger partial charge in [0, 0.05) is 11.8 Å². The van der Waals surface area contributed by atoms with E-state index in [0.29, 0.717) is 10.6 Å². The first-order valence-corrected chi connectivity index (χ1v) is 6.46. The lowest BCUT2D eigenvalue weighted by Gasteiger charge is -2.25. The van der Waals surface area contributed by atoms with Gasteiger partial charge in [0.25, 0.3) is 0 Å². The Kier molecular flexibility index (Phi) is 3.17. The van der Waals surface area contributed by atoms with Gasteiger partial charge in [-0.3, -0.25) is 4.21 Å². The highest BCUT2D eigenvalue weighted by atomic mass is 32.2. The first kappa shape index (κ1) is 10.8. The molecule has 1 aliphatic heterocycles. The van der Waals surface area contributed by atoms with Gasteiger partial charge in [0.2, 0.25) is 0 Å². The van der Waals surface area contributed by atoms with Crippen molar-refractivity contribution in [1.82, 2.24) is 5.32 Å². The molecular weight excluding hydrogens is 213 g/mol. The predicted molar refractivity (Wildman–Crippen MR) is 58.7 cm³/mol. The van der Waals surface area contributed by atoms with E-state index in [-0.39, 0.29) is 11.9 Å². The molecule has 1 heterocycles. The number of halogens is 1. The molecule has 2 unspecified atom stereocenters. The van der Waals surface area contributed by atoms with Crippen molar-refractivity contribution in [3.05, 3.63) is 29.6 Å². The molecule has 0 aromatic heterocycles. The minimum atomic E-state index is -1.17. The minimum absolute atomic E-state index is 0.151. The summed E-state index contributed by atoms with van der Waals surface area (Å²) >= 11 is 0. The summed E-state index contributed by atoms with van der Waals surface area (Å²) in [6.07, 6.45) is 0.816. The van der Waals surface area contributed by atoms with Crippen LogP contribution in [0, 0.1) is 5.82 Å². The quantitative estimate of drug-likeness (QED) is 0.837. The molecular formula is C11H14FNOS. The van der Waals surface area contributed by atoms with E-state index in [2.05, 4.69) is 5.32 Å². The molecule has 4 heteroatoms. The van der Waals surface area contributed by atoms with Crippen molar-refractivity contribution >= 4 is 10.8 Å². The highest BCUT2D eigenvalue weighted by molar-refractivity contribution is 7.85.